The summed E-state index contributed by atoms with van der Waals surface area (Å²) in [4.78, 5) is 36.6. The number of imide groups is 1. The van der Waals surface area contributed by atoms with Gasteiger partial charge in [-0.05, 0) is 48.9 Å². The number of benzene rings is 2. The Bertz CT molecular complexity index is 849. The van der Waals surface area contributed by atoms with Crippen molar-refractivity contribution in [3.63, 3.8) is 0 Å². The summed E-state index contributed by atoms with van der Waals surface area (Å²) in [5, 5.41) is 4.48. The minimum Gasteiger partial charge on any atom is -0.444 e. The summed E-state index contributed by atoms with van der Waals surface area (Å²) in [5.74, 6) is -1.30. The van der Waals surface area contributed by atoms with Crippen LogP contribution in [0.5, 0.6) is 0 Å². The van der Waals surface area contributed by atoms with E-state index in [1.54, 1.807) is 36.4 Å². The average molecular weight is 366 g/mol. The fourth-order valence-electron chi connectivity index (χ4n) is 3.18. The number of fused-ring (bicyclic) bond motifs is 1. The molecule has 3 amide bonds. The van der Waals surface area contributed by atoms with Gasteiger partial charge in [-0.1, -0.05) is 36.4 Å². The van der Waals surface area contributed by atoms with Crippen molar-refractivity contribution < 1.29 is 19.1 Å². The molecule has 0 bridgehead atoms. The Balaban J connectivity index is 1.82. The Hall–Kier alpha value is -3.15. The highest BCUT2D eigenvalue weighted by molar-refractivity contribution is 5.99. The van der Waals surface area contributed by atoms with Crippen LogP contribution in [-0.4, -0.2) is 25.0 Å². The summed E-state index contributed by atoms with van der Waals surface area (Å²) in [6, 6.07) is 13.5. The second-order valence-corrected chi connectivity index (χ2v) is 6.46. The third-order valence-electron chi connectivity index (χ3n) is 4.61. The summed E-state index contributed by atoms with van der Waals surface area (Å²) in [6.07, 6.45) is 3.01. The number of hydrogen-bond donors (Lipinski definition) is 2. The molecule has 0 aliphatic heterocycles. The molecule has 1 aliphatic carbocycles. The smallest absolute Gasteiger partial charge is 0.339 e. The standard InChI is InChI=1S/C21H22N2O4/c1-22-21(26)23-19(24)18(15-8-3-2-4-9-15)27-20(25)17-12-11-14-7-5-6-10-16(14)13-17/h2-4,8-9,11-13,18H,5-7,10H2,1H3,(H2,22,23,24,26)/t18-/m0/s1. The quantitative estimate of drug-likeness (QED) is 0.815. The van der Waals surface area contributed by atoms with Crippen molar-refractivity contribution in [3.05, 3.63) is 70.8 Å². The number of nitrogens with one attached hydrogen (secondary N) is 2. The Kier molecular flexibility index (Phi) is 5.86. The van der Waals surface area contributed by atoms with E-state index in [4.69, 9.17) is 4.74 Å². The van der Waals surface area contributed by atoms with Gasteiger partial charge in [0.25, 0.3) is 5.91 Å². The van der Waals surface area contributed by atoms with Crippen molar-refractivity contribution in [1.82, 2.24) is 10.6 Å². The van der Waals surface area contributed by atoms with E-state index in [0.717, 1.165) is 31.2 Å². The predicted octanol–water partition coefficient (Wildman–Crippen LogP) is 2.92. The zero-order valence-electron chi connectivity index (χ0n) is 15.2. The van der Waals surface area contributed by atoms with Crippen LogP contribution in [0.25, 0.3) is 0 Å². The Morgan fingerprint density at radius 3 is 2.37 bits per heavy atom. The lowest BCUT2D eigenvalue weighted by atomic mass is 9.90. The number of carbonyl (C=O) groups is 3. The molecule has 0 radical (unpaired) electrons. The summed E-state index contributed by atoms with van der Waals surface area (Å²) >= 11 is 0. The van der Waals surface area contributed by atoms with Gasteiger partial charge in [-0.3, -0.25) is 10.1 Å². The molecule has 2 aromatic carbocycles. The van der Waals surface area contributed by atoms with Gasteiger partial charge in [-0.25, -0.2) is 9.59 Å². The molecule has 6 nitrogen and oxygen atoms in total. The summed E-state index contributed by atoms with van der Waals surface area (Å²) < 4.78 is 5.49. The summed E-state index contributed by atoms with van der Waals surface area (Å²) in [6.45, 7) is 0. The van der Waals surface area contributed by atoms with Crippen molar-refractivity contribution in [1.29, 1.82) is 0 Å². The minimum absolute atomic E-state index is 0.407. The summed E-state index contributed by atoms with van der Waals surface area (Å²) in [7, 11) is 1.40. The van der Waals surface area contributed by atoms with Gasteiger partial charge in [0.1, 0.15) is 0 Å². The van der Waals surface area contributed by atoms with Crippen molar-refractivity contribution >= 4 is 17.9 Å². The van der Waals surface area contributed by atoms with E-state index >= 15 is 0 Å². The maximum Gasteiger partial charge on any atom is 0.339 e. The number of carbonyl (C=O) groups excluding carboxylic acids is 3. The van der Waals surface area contributed by atoms with Crippen LogP contribution in [0.3, 0.4) is 0 Å². The lowest BCUT2D eigenvalue weighted by Gasteiger charge is -2.19. The monoisotopic (exact) mass is 366 g/mol. The lowest BCUT2D eigenvalue weighted by molar-refractivity contribution is -0.129. The topological polar surface area (TPSA) is 84.5 Å². The number of aryl methyl sites for hydroxylation is 2. The highest BCUT2D eigenvalue weighted by atomic mass is 16.5. The number of rotatable bonds is 4. The highest BCUT2D eigenvalue weighted by Crippen LogP contribution is 2.24. The van der Waals surface area contributed by atoms with Crippen LogP contribution in [0.2, 0.25) is 0 Å². The fraction of sp³-hybridized carbons (Fsp3) is 0.286. The molecule has 0 unspecified atom stereocenters. The first kappa shape index (κ1) is 18.6. The fourth-order valence-corrected chi connectivity index (χ4v) is 3.18. The Labute approximate surface area is 157 Å². The maximum atomic E-state index is 12.7. The molecule has 0 saturated carbocycles. The summed E-state index contributed by atoms with van der Waals surface area (Å²) in [5.41, 5.74) is 3.31. The number of esters is 1. The van der Waals surface area contributed by atoms with Crippen LogP contribution in [0.4, 0.5) is 4.79 Å². The number of hydrogen-bond acceptors (Lipinski definition) is 4. The van der Waals surface area contributed by atoms with E-state index in [9.17, 15) is 14.4 Å². The van der Waals surface area contributed by atoms with Gasteiger partial charge in [0.2, 0.25) is 6.10 Å². The SMILES string of the molecule is CNC(=O)NC(=O)[C@@H](OC(=O)c1ccc2c(c1)CCCC2)c1ccccc1. The minimum atomic E-state index is -1.22. The molecule has 0 spiro atoms. The third-order valence-corrected chi connectivity index (χ3v) is 4.61. The Morgan fingerprint density at radius 2 is 1.67 bits per heavy atom. The van der Waals surface area contributed by atoms with Crippen molar-refractivity contribution in [2.45, 2.75) is 31.8 Å². The lowest BCUT2D eigenvalue weighted by Crippen LogP contribution is -2.41. The normalized spacial score (nSPS) is 13.8. The molecule has 3 rings (SSSR count). The second kappa shape index (κ2) is 8.49. The molecule has 1 atom stereocenters. The molecule has 0 aromatic heterocycles. The molecule has 140 valence electrons. The van der Waals surface area contributed by atoms with Gasteiger partial charge in [0, 0.05) is 12.6 Å². The molecule has 1 aliphatic rings. The molecule has 0 fully saturated rings. The molecule has 2 aromatic rings. The van der Waals surface area contributed by atoms with E-state index in [2.05, 4.69) is 10.6 Å². The van der Waals surface area contributed by atoms with Crippen LogP contribution in [0.1, 0.15) is 46.0 Å². The predicted molar refractivity (Wildman–Crippen MR) is 100 cm³/mol. The third kappa shape index (κ3) is 4.53. The van der Waals surface area contributed by atoms with Gasteiger partial charge in [0.15, 0.2) is 0 Å². The first-order valence-electron chi connectivity index (χ1n) is 8.99. The number of ether oxygens (including phenoxy) is 1. The van der Waals surface area contributed by atoms with Gasteiger partial charge < -0.3 is 10.1 Å². The molecular weight excluding hydrogens is 344 g/mol. The first-order chi connectivity index (χ1) is 13.1. The molecular formula is C21H22N2O4. The number of amides is 3. The van der Waals surface area contributed by atoms with E-state index < -0.39 is 24.0 Å². The number of urea groups is 1. The molecule has 2 N–H and O–H groups in total. The molecule has 0 saturated heterocycles. The van der Waals surface area contributed by atoms with Crippen molar-refractivity contribution in [2.24, 2.45) is 0 Å². The zero-order valence-corrected chi connectivity index (χ0v) is 15.2. The van der Waals surface area contributed by atoms with E-state index in [-0.39, 0.29) is 0 Å². The molecule has 6 heteroatoms. The maximum absolute atomic E-state index is 12.7. The highest BCUT2D eigenvalue weighted by Gasteiger charge is 2.27. The largest absolute Gasteiger partial charge is 0.444 e. The van der Waals surface area contributed by atoms with E-state index in [1.165, 1.54) is 12.6 Å². The van der Waals surface area contributed by atoms with Crippen LogP contribution in [0.15, 0.2) is 48.5 Å². The molecule has 0 heterocycles. The van der Waals surface area contributed by atoms with Crippen molar-refractivity contribution in [3.8, 4) is 0 Å². The van der Waals surface area contributed by atoms with E-state index in [0.29, 0.717) is 11.1 Å². The van der Waals surface area contributed by atoms with Gasteiger partial charge >= 0.3 is 12.0 Å². The van der Waals surface area contributed by atoms with Gasteiger partial charge in [-0.15, -0.1) is 0 Å². The second-order valence-electron chi connectivity index (χ2n) is 6.46. The molecule has 27 heavy (non-hydrogen) atoms. The van der Waals surface area contributed by atoms with Crippen LogP contribution >= 0.6 is 0 Å². The van der Waals surface area contributed by atoms with Crippen LogP contribution < -0.4 is 10.6 Å². The Morgan fingerprint density at radius 1 is 0.963 bits per heavy atom. The van der Waals surface area contributed by atoms with Crippen LogP contribution in [-0.2, 0) is 22.4 Å². The van der Waals surface area contributed by atoms with Gasteiger partial charge in [0.05, 0.1) is 5.56 Å². The average Bonchev–Trinajstić information content (AvgIpc) is 2.71. The van der Waals surface area contributed by atoms with Crippen LogP contribution in [0, 0.1) is 0 Å². The first-order valence-corrected chi connectivity index (χ1v) is 8.99. The zero-order chi connectivity index (χ0) is 19.2. The van der Waals surface area contributed by atoms with Gasteiger partial charge in [-0.2, -0.15) is 0 Å². The van der Waals surface area contributed by atoms with Crippen molar-refractivity contribution in [2.75, 3.05) is 7.05 Å². The van der Waals surface area contributed by atoms with E-state index in [1.807, 2.05) is 12.1 Å².